The van der Waals surface area contributed by atoms with Gasteiger partial charge in [-0.15, -0.1) is 0 Å². The molecule has 0 radical (unpaired) electrons. The van der Waals surface area contributed by atoms with E-state index in [1.807, 2.05) is 9.47 Å². The standard InChI is InChI=1S/C21H25ClFN3O4/c1-30-20-17-13(19(27)14(21(28)29)10-26(17)12-2-3-12)8-16(23)18(20)25-6-4-11(5-7-25)15(22)9-24/h8,10,12,21,28-29H,2-7,9,24H2,1H3. The predicted octanol–water partition coefficient (Wildman–Crippen LogP) is 2.52. The fourth-order valence-corrected chi connectivity index (χ4v) is 4.38. The lowest BCUT2D eigenvalue weighted by atomic mass is 10.0. The van der Waals surface area contributed by atoms with Crippen LogP contribution in [0.15, 0.2) is 27.7 Å². The lowest BCUT2D eigenvalue weighted by molar-refractivity contribution is -0.0435. The third-order valence-electron chi connectivity index (χ3n) is 5.89. The van der Waals surface area contributed by atoms with E-state index in [9.17, 15) is 15.0 Å². The van der Waals surface area contributed by atoms with Crippen molar-refractivity contribution in [2.24, 2.45) is 5.73 Å². The fourth-order valence-electron chi connectivity index (χ4n) is 4.19. The second kappa shape index (κ2) is 8.19. The van der Waals surface area contributed by atoms with Crippen LogP contribution >= 0.6 is 11.6 Å². The molecule has 2 aliphatic rings. The van der Waals surface area contributed by atoms with E-state index in [4.69, 9.17) is 22.1 Å². The Labute approximate surface area is 178 Å². The highest BCUT2D eigenvalue weighted by molar-refractivity contribution is 6.30. The third-order valence-corrected chi connectivity index (χ3v) is 6.32. The number of ether oxygens (including phenoxy) is 1. The molecule has 0 amide bonds. The van der Waals surface area contributed by atoms with Gasteiger partial charge in [0.1, 0.15) is 5.69 Å². The number of rotatable bonds is 5. The number of pyridine rings is 1. The minimum atomic E-state index is -1.93. The van der Waals surface area contributed by atoms with Gasteiger partial charge < -0.3 is 30.2 Å². The van der Waals surface area contributed by atoms with Crippen LogP contribution < -0.4 is 20.8 Å². The molecule has 1 aromatic carbocycles. The number of halogens is 2. The van der Waals surface area contributed by atoms with Crippen molar-refractivity contribution in [2.75, 3.05) is 31.6 Å². The van der Waals surface area contributed by atoms with E-state index in [2.05, 4.69) is 0 Å². The molecule has 1 aliphatic heterocycles. The van der Waals surface area contributed by atoms with E-state index >= 15 is 4.39 Å². The quantitative estimate of drug-likeness (QED) is 0.621. The molecule has 2 heterocycles. The number of nitrogens with zero attached hydrogens (tertiary/aromatic N) is 2. The van der Waals surface area contributed by atoms with Crippen molar-refractivity contribution in [3.8, 4) is 5.75 Å². The van der Waals surface area contributed by atoms with Gasteiger partial charge in [-0.2, -0.15) is 0 Å². The number of hydrogen-bond donors (Lipinski definition) is 3. The van der Waals surface area contributed by atoms with Crippen LogP contribution in [0.3, 0.4) is 0 Å². The molecule has 2 fully saturated rings. The van der Waals surface area contributed by atoms with E-state index < -0.39 is 17.5 Å². The molecule has 1 aromatic heterocycles. The first-order valence-corrected chi connectivity index (χ1v) is 10.4. The number of anilines is 1. The minimum Gasteiger partial charge on any atom is -0.492 e. The Morgan fingerprint density at radius 1 is 1.37 bits per heavy atom. The molecule has 1 aliphatic carbocycles. The molecule has 9 heteroatoms. The van der Waals surface area contributed by atoms with Crippen LogP contribution in [0.4, 0.5) is 10.1 Å². The third kappa shape index (κ3) is 3.58. The van der Waals surface area contributed by atoms with Crippen molar-refractivity contribution in [3.63, 3.8) is 0 Å². The fraction of sp³-hybridized carbons (Fsp3) is 0.476. The molecule has 7 nitrogen and oxygen atoms in total. The number of benzene rings is 1. The van der Waals surface area contributed by atoms with Gasteiger partial charge in [-0.1, -0.05) is 17.2 Å². The molecule has 0 atom stereocenters. The van der Waals surface area contributed by atoms with Gasteiger partial charge in [0, 0.05) is 36.9 Å². The first kappa shape index (κ1) is 21.1. The van der Waals surface area contributed by atoms with Gasteiger partial charge in [0.05, 0.1) is 23.6 Å². The summed E-state index contributed by atoms with van der Waals surface area (Å²) in [4.78, 5) is 14.7. The molecule has 4 rings (SSSR count). The van der Waals surface area contributed by atoms with Crippen molar-refractivity contribution in [3.05, 3.63) is 44.5 Å². The first-order valence-electron chi connectivity index (χ1n) is 10.00. The summed E-state index contributed by atoms with van der Waals surface area (Å²) in [5.41, 5.74) is 6.70. The van der Waals surface area contributed by atoms with Gasteiger partial charge in [-0.3, -0.25) is 4.79 Å². The minimum absolute atomic E-state index is 0.0781. The normalized spacial score (nSPS) is 17.2. The number of aliphatic hydroxyl groups excluding tert-OH is 1. The Hall–Kier alpha value is -2.13. The van der Waals surface area contributed by atoms with Crippen LogP contribution in [0.25, 0.3) is 10.9 Å². The van der Waals surface area contributed by atoms with E-state index in [1.165, 1.54) is 19.4 Å². The molecule has 0 bridgehead atoms. The lowest BCUT2D eigenvalue weighted by Crippen LogP contribution is -2.32. The van der Waals surface area contributed by atoms with Crippen molar-refractivity contribution in [1.82, 2.24) is 4.57 Å². The monoisotopic (exact) mass is 437 g/mol. The van der Waals surface area contributed by atoms with Crippen LogP contribution in [0.1, 0.15) is 43.6 Å². The number of nitrogens with two attached hydrogens (primary N) is 1. The van der Waals surface area contributed by atoms with Gasteiger partial charge in [-0.05, 0) is 31.7 Å². The zero-order chi connectivity index (χ0) is 21.6. The Morgan fingerprint density at radius 2 is 2.03 bits per heavy atom. The summed E-state index contributed by atoms with van der Waals surface area (Å²) < 4.78 is 22.7. The predicted molar refractivity (Wildman–Crippen MR) is 114 cm³/mol. The van der Waals surface area contributed by atoms with Crippen LogP contribution in [0, 0.1) is 5.82 Å². The van der Waals surface area contributed by atoms with E-state index in [1.54, 1.807) is 0 Å². The largest absolute Gasteiger partial charge is 0.492 e. The number of fused-ring (bicyclic) bond motifs is 1. The average Bonchev–Trinajstić information content (AvgIpc) is 3.58. The van der Waals surface area contributed by atoms with Gasteiger partial charge in [0.2, 0.25) is 0 Å². The highest BCUT2D eigenvalue weighted by Gasteiger charge is 2.31. The Bertz CT molecular complexity index is 1070. The molecular weight excluding hydrogens is 413 g/mol. The number of hydrogen-bond acceptors (Lipinski definition) is 6. The maximum absolute atomic E-state index is 15.3. The van der Waals surface area contributed by atoms with Crippen LogP contribution in [0.2, 0.25) is 0 Å². The van der Waals surface area contributed by atoms with E-state index in [0.29, 0.717) is 42.2 Å². The second-order valence-electron chi connectivity index (χ2n) is 7.76. The summed E-state index contributed by atoms with van der Waals surface area (Å²) in [6.45, 7) is 1.38. The number of aromatic nitrogens is 1. The SMILES string of the molecule is COc1c(N2CCC(=C(Cl)CN)CC2)c(F)cc2c(=O)c(C(O)O)cn(C3CC3)c12. The Kier molecular flexibility index (Phi) is 5.76. The second-order valence-corrected chi connectivity index (χ2v) is 8.22. The maximum Gasteiger partial charge on any atom is 0.197 e. The highest BCUT2D eigenvalue weighted by atomic mass is 35.5. The Morgan fingerprint density at radius 3 is 2.57 bits per heavy atom. The maximum atomic E-state index is 15.3. The molecule has 2 aromatic rings. The molecule has 1 saturated heterocycles. The van der Waals surface area contributed by atoms with Gasteiger partial charge in [0.25, 0.3) is 0 Å². The molecule has 162 valence electrons. The summed E-state index contributed by atoms with van der Waals surface area (Å²) in [5, 5.41) is 20.0. The lowest BCUT2D eigenvalue weighted by Gasteiger charge is -2.33. The van der Waals surface area contributed by atoms with Crippen LogP contribution in [-0.2, 0) is 0 Å². The molecule has 0 spiro atoms. The van der Waals surface area contributed by atoms with E-state index in [-0.39, 0.29) is 29.3 Å². The van der Waals surface area contributed by atoms with Crippen molar-refractivity contribution >= 4 is 28.2 Å². The van der Waals surface area contributed by atoms with Gasteiger partial charge in [-0.25, -0.2) is 4.39 Å². The number of methoxy groups -OCH3 is 1. The Balaban J connectivity index is 1.88. The molecular formula is C21H25ClFN3O4. The van der Waals surface area contributed by atoms with Gasteiger partial charge in [0.15, 0.2) is 23.3 Å². The van der Waals surface area contributed by atoms with Crippen LogP contribution in [-0.4, -0.2) is 41.5 Å². The summed E-state index contributed by atoms with van der Waals surface area (Å²) in [6, 6.07) is 1.29. The van der Waals surface area contributed by atoms with Crippen LogP contribution in [0.5, 0.6) is 5.75 Å². The van der Waals surface area contributed by atoms with Crippen molar-refractivity contribution < 1.29 is 19.3 Å². The first-order chi connectivity index (χ1) is 14.4. The number of aliphatic hydroxyl groups is 2. The van der Waals surface area contributed by atoms with Gasteiger partial charge >= 0.3 is 0 Å². The van der Waals surface area contributed by atoms with Crippen molar-refractivity contribution in [1.29, 1.82) is 0 Å². The zero-order valence-electron chi connectivity index (χ0n) is 16.7. The average molecular weight is 438 g/mol. The summed E-state index contributed by atoms with van der Waals surface area (Å²) in [6.07, 6.45) is 2.65. The molecule has 4 N–H and O–H groups in total. The summed E-state index contributed by atoms with van der Waals surface area (Å²) in [5.74, 6) is -0.300. The topological polar surface area (TPSA) is 101 Å². The smallest absolute Gasteiger partial charge is 0.197 e. The molecule has 30 heavy (non-hydrogen) atoms. The number of piperidine rings is 1. The van der Waals surface area contributed by atoms with E-state index in [0.717, 1.165) is 18.4 Å². The molecule has 0 unspecified atom stereocenters. The highest BCUT2D eigenvalue weighted by Crippen LogP contribution is 2.44. The summed E-state index contributed by atoms with van der Waals surface area (Å²) >= 11 is 6.18. The van der Waals surface area contributed by atoms with Crippen molar-refractivity contribution in [2.45, 2.75) is 38.0 Å². The summed E-state index contributed by atoms with van der Waals surface area (Å²) in [7, 11) is 1.45. The molecule has 1 saturated carbocycles. The zero-order valence-corrected chi connectivity index (χ0v) is 17.5.